The number of allylic oxidation sites excluding steroid dienone is 2. The number of anilines is 1. The van der Waals surface area contributed by atoms with Gasteiger partial charge in [-0.15, -0.1) is 0 Å². The first-order chi connectivity index (χ1) is 10.9. The summed E-state index contributed by atoms with van der Waals surface area (Å²) >= 11 is 2.11. The van der Waals surface area contributed by atoms with Crippen LogP contribution in [0.3, 0.4) is 0 Å². The molecular weight excluding hydrogens is 429 g/mol. The summed E-state index contributed by atoms with van der Waals surface area (Å²) in [5.74, 6) is 0.745. The molecule has 2 bridgehead atoms. The molecule has 2 rings (SSSR count). The average Bonchev–Trinajstić information content (AvgIpc) is 2.52. The number of nitrogens with two attached hydrogens (primary N) is 1. The number of benzene rings is 1. The van der Waals surface area contributed by atoms with Crippen molar-refractivity contribution >= 4 is 44.3 Å². The first-order valence-corrected chi connectivity index (χ1v) is 9.45. The van der Waals surface area contributed by atoms with Crippen LogP contribution in [0.5, 0.6) is 0 Å². The number of nitrogens with one attached hydrogen (secondary N) is 3. The third kappa shape index (κ3) is 4.94. The Labute approximate surface area is 149 Å². The molecule has 0 aromatic heterocycles. The molecule has 0 fully saturated rings. The molecule has 0 aliphatic carbocycles. The monoisotopic (exact) mass is 447 g/mol. The van der Waals surface area contributed by atoms with Gasteiger partial charge in [-0.3, -0.25) is 0 Å². The topological polar surface area (TPSA) is 109 Å². The third-order valence-corrected chi connectivity index (χ3v) is 5.40. The highest BCUT2D eigenvalue weighted by Gasteiger charge is 2.14. The number of aliphatic imine (C=N–C) groups is 1. The standard InChI is InChI=1S/C14H18IN5O2S/c1-2-12(15)13-17-7-4-8-18-23(21,22)11-6-3-5-10(9-11)19-14(16)20-13/h2-3,5-6,9,17-18H,1,4,7-8H2,(H3,16,19,20)/b13-12+. The Balaban J connectivity index is 2.42. The van der Waals surface area contributed by atoms with E-state index in [9.17, 15) is 8.42 Å². The van der Waals surface area contributed by atoms with E-state index < -0.39 is 10.0 Å². The Hall–Kier alpha value is -1.59. The van der Waals surface area contributed by atoms with Gasteiger partial charge in [0.15, 0.2) is 5.96 Å². The molecule has 124 valence electrons. The number of halogens is 1. The van der Waals surface area contributed by atoms with E-state index in [-0.39, 0.29) is 10.9 Å². The zero-order valence-electron chi connectivity index (χ0n) is 12.3. The predicted octanol–water partition coefficient (Wildman–Crippen LogP) is 1.47. The molecule has 1 heterocycles. The Kier molecular flexibility index (Phi) is 6.02. The molecule has 7 nitrogen and oxygen atoms in total. The van der Waals surface area contributed by atoms with Gasteiger partial charge in [0.1, 0.15) is 5.82 Å². The molecule has 1 aromatic rings. The second-order valence-corrected chi connectivity index (χ2v) is 7.66. The molecule has 0 unspecified atom stereocenters. The number of hydrogen-bond donors (Lipinski definition) is 4. The van der Waals surface area contributed by atoms with E-state index in [1.165, 1.54) is 12.1 Å². The largest absolute Gasteiger partial charge is 0.369 e. The number of sulfonamides is 1. The highest BCUT2D eigenvalue weighted by Crippen LogP contribution is 2.17. The summed E-state index contributed by atoms with van der Waals surface area (Å²) in [5, 5.41) is 6.02. The van der Waals surface area contributed by atoms with Crippen LogP contribution in [0.25, 0.3) is 0 Å². The van der Waals surface area contributed by atoms with E-state index in [1.807, 2.05) is 0 Å². The lowest BCUT2D eigenvalue weighted by Crippen LogP contribution is -2.27. The molecule has 1 aromatic carbocycles. The molecule has 0 atom stereocenters. The molecule has 5 N–H and O–H groups in total. The van der Waals surface area contributed by atoms with Crippen molar-refractivity contribution in [1.82, 2.24) is 10.0 Å². The lowest BCUT2D eigenvalue weighted by molar-refractivity contribution is 0.577. The minimum Gasteiger partial charge on any atom is -0.369 e. The van der Waals surface area contributed by atoms with Gasteiger partial charge in [-0.1, -0.05) is 18.7 Å². The van der Waals surface area contributed by atoms with Gasteiger partial charge >= 0.3 is 0 Å². The molecular formula is C14H18IN5O2S. The van der Waals surface area contributed by atoms with Crippen molar-refractivity contribution in [1.29, 1.82) is 0 Å². The summed E-state index contributed by atoms with van der Waals surface area (Å²) in [6, 6.07) is 6.41. The fraction of sp³-hybridized carbons (Fsp3) is 0.214. The van der Waals surface area contributed by atoms with Gasteiger partial charge in [-0.2, -0.15) is 4.99 Å². The van der Waals surface area contributed by atoms with Crippen LogP contribution in [0.4, 0.5) is 5.69 Å². The van der Waals surface area contributed by atoms with Crippen LogP contribution in [-0.4, -0.2) is 27.5 Å². The fourth-order valence-corrected chi connectivity index (χ4v) is 3.33. The smallest absolute Gasteiger partial charge is 0.240 e. The van der Waals surface area contributed by atoms with E-state index in [2.05, 4.69) is 49.5 Å². The Bertz CT molecular complexity index is 758. The number of fused-ring (bicyclic) bond motifs is 2. The summed E-state index contributed by atoms with van der Waals surface area (Å²) < 4.78 is 27.8. The van der Waals surface area contributed by atoms with Gasteiger partial charge in [0, 0.05) is 18.8 Å². The van der Waals surface area contributed by atoms with Gasteiger partial charge in [0.05, 0.1) is 8.48 Å². The van der Waals surface area contributed by atoms with Gasteiger partial charge in [0.2, 0.25) is 10.0 Å². The quantitative estimate of drug-likeness (QED) is 0.488. The van der Waals surface area contributed by atoms with Crippen molar-refractivity contribution in [2.45, 2.75) is 11.3 Å². The Morgan fingerprint density at radius 1 is 1.39 bits per heavy atom. The van der Waals surface area contributed by atoms with Crippen LogP contribution in [0.1, 0.15) is 6.42 Å². The van der Waals surface area contributed by atoms with E-state index in [4.69, 9.17) is 5.73 Å². The van der Waals surface area contributed by atoms with Crippen LogP contribution in [0.2, 0.25) is 0 Å². The summed E-state index contributed by atoms with van der Waals surface area (Å²) in [5.41, 5.74) is 6.45. The SMILES string of the molecule is C=C/C(I)=C1\N=C(/N)Nc2cccc(c2)S(=O)(=O)NCCCN1. The minimum atomic E-state index is -3.54. The maximum absolute atomic E-state index is 12.2. The van der Waals surface area contributed by atoms with Crippen LogP contribution in [0, 0.1) is 0 Å². The van der Waals surface area contributed by atoms with Gasteiger partial charge < -0.3 is 16.4 Å². The molecule has 1 aliphatic heterocycles. The van der Waals surface area contributed by atoms with E-state index >= 15 is 0 Å². The highest BCUT2D eigenvalue weighted by atomic mass is 127. The van der Waals surface area contributed by atoms with Crippen molar-refractivity contribution in [3.63, 3.8) is 0 Å². The van der Waals surface area contributed by atoms with Gasteiger partial charge in [0.25, 0.3) is 0 Å². The van der Waals surface area contributed by atoms with Crippen LogP contribution < -0.4 is 21.1 Å². The van der Waals surface area contributed by atoms with Crippen molar-refractivity contribution in [3.05, 3.63) is 46.3 Å². The summed E-state index contributed by atoms with van der Waals surface area (Å²) in [4.78, 5) is 4.48. The normalized spacial score (nSPS) is 22.7. The van der Waals surface area contributed by atoms with Crippen molar-refractivity contribution in [2.75, 3.05) is 18.4 Å². The number of nitrogens with zero attached hydrogens (tertiary/aromatic N) is 1. The summed E-state index contributed by atoms with van der Waals surface area (Å²) in [7, 11) is -3.54. The number of rotatable bonds is 1. The molecule has 0 amide bonds. The maximum atomic E-state index is 12.2. The molecule has 0 saturated heterocycles. The molecule has 23 heavy (non-hydrogen) atoms. The van der Waals surface area contributed by atoms with Crippen LogP contribution in [0.15, 0.2) is 56.2 Å². The first-order valence-electron chi connectivity index (χ1n) is 6.89. The zero-order valence-corrected chi connectivity index (χ0v) is 15.3. The minimum absolute atomic E-state index is 0.158. The van der Waals surface area contributed by atoms with Gasteiger partial charge in [-0.25, -0.2) is 13.1 Å². The number of hydrogen-bond acceptors (Lipinski definition) is 6. The van der Waals surface area contributed by atoms with E-state index in [1.54, 1.807) is 18.2 Å². The van der Waals surface area contributed by atoms with Crippen molar-refractivity contribution in [2.24, 2.45) is 10.7 Å². The van der Waals surface area contributed by atoms with Gasteiger partial charge in [-0.05, 0) is 47.2 Å². The highest BCUT2D eigenvalue weighted by molar-refractivity contribution is 14.1. The van der Waals surface area contributed by atoms with Crippen LogP contribution in [-0.2, 0) is 10.0 Å². The maximum Gasteiger partial charge on any atom is 0.240 e. The summed E-state index contributed by atoms with van der Waals surface area (Å²) in [6.07, 6.45) is 2.27. The van der Waals surface area contributed by atoms with E-state index in [0.29, 0.717) is 31.0 Å². The second kappa shape index (κ2) is 7.79. The molecule has 0 spiro atoms. The predicted molar refractivity (Wildman–Crippen MR) is 101 cm³/mol. The third-order valence-electron chi connectivity index (χ3n) is 2.99. The average molecular weight is 447 g/mol. The van der Waals surface area contributed by atoms with E-state index in [0.717, 1.165) is 3.58 Å². The Morgan fingerprint density at radius 3 is 2.91 bits per heavy atom. The molecule has 0 radical (unpaired) electrons. The lowest BCUT2D eigenvalue weighted by Gasteiger charge is -2.10. The zero-order chi connectivity index (χ0) is 16.9. The first kappa shape index (κ1) is 17.8. The number of guanidine groups is 1. The molecule has 9 heteroatoms. The van der Waals surface area contributed by atoms with Crippen molar-refractivity contribution in [3.8, 4) is 0 Å². The Morgan fingerprint density at radius 2 is 2.17 bits per heavy atom. The molecule has 0 saturated carbocycles. The summed E-state index contributed by atoms with van der Waals surface area (Å²) in [6.45, 7) is 4.59. The lowest BCUT2D eigenvalue weighted by atomic mass is 10.3. The second-order valence-electron chi connectivity index (χ2n) is 4.73. The van der Waals surface area contributed by atoms with Crippen LogP contribution >= 0.6 is 22.6 Å². The molecule has 1 aliphatic rings. The van der Waals surface area contributed by atoms with Crippen molar-refractivity contribution < 1.29 is 8.42 Å². The fourth-order valence-electron chi connectivity index (χ4n) is 1.90.